The van der Waals surface area contributed by atoms with Crippen LogP contribution in [0.1, 0.15) is 22.7 Å². The quantitative estimate of drug-likeness (QED) is 0.570. The van der Waals surface area contributed by atoms with E-state index in [9.17, 15) is 4.79 Å². The summed E-state index contributed by atoms with van der Waals surface area (Å²) >= 11 is 1.39. The second-order valence-corrected chi connectivity index (χ2v) is 7.56. The van der Waals surface area contributed by atoms with E-state index in [0.717, 1.165) is 17.7 Å². The van der Waals surface area contributed by atoms with E-state index in [0.29, 0.717) is 34.5 Å². The maximum absolute atomic E-state index is 13.1. The van der Waals surface area contributed by atoms with Gasteiger partial charge in [-0.05, 0) is 46.1 Å². The Kier molecular flexibility index (Phi) is 6.15. The van der Waals surface area contributed by atoms with Crippen molar-refractivity contribution in [1.29, 1.82) is 0 Å². The van der Waals surface area contributed by atoms with Gasteiger partial charge < -0.3 is 18.9 Å². The molecular formula is C19H24N4O4S. The fraction of sp³-hybridized carbons (Fsp3) is 0.421. The van der Waals surface area contributed by atoms with E-state index in [1.165, 1.54) is 11.3 Å². The zero-order valence-electron chi connectivity index (χ0n) is 16.7. The smallest absolute Gasteiger partial charge is 0.282 e. The molecule has 0 atom stereocenters. The van der Waals surface area contributed by atoms with Crippen molar-refractivity contribution in [2.24, 2.45) is 0 Å². The number of methoxy groups -OCH3 is 2. The van der Waals surface area contributed by atoms with Crippen LogP contribution in [0, 0.1) is 6.92 Å². The molecule has 0 fully saturated rings. The number of ether oxygens (including phenoxy) is 2. The van der Waals surface area contributed by atoms with Crippen molar-refractivity contribution in [2.45, 2.75) is 13.3 Å². The van der Waals surface area contributed by atoms with E-state index in [4.69, 9.17) is 19.0 Å². The lowest BCUT2D eigenvalue weighted by Crippen LogP contribution is -2.33. The Morgan fingerprint density at radius 3 is 2.50 bits per heavy atom. The molecule has 9 heteroatoms. The van der Waals surface area contributed by atoms with Gasteiger partial charge in [0.15, 0.2) is 10.8 Å². The van der Waals surface area contributed by atoms with Crippen LogP contribution >= 0.6 is 11.3 Å². The highest BCUT2D eigenvalue weighted by Gasteiger charge is 2.25. The monoisotopic (exact) mass is 404 g/mol. The number of carbonyl (C=O) groups excluding carboxylic acids is 1. The van der Waals surface area contributed by atoms with Crippen molar-refractivity contribution in [3.63, 3.8) is 0 Å². The molecule has 1 aromatic carbocycles. The summed E-state index contributed by atoms with van der Waals surface area (Å²) in [6, 6.07) is 5.28. The summed E-state index contributed by atoms with van der Waals surface area (Å²) in [5.41, 5.74) is 0.934. The predicted molar refractivity (Wildman–Crippen MR) is 109 cm³/mol. The lowest BCUT2D eigenvalue weighted by molar-refractivity contribution is 0.0977. The Hall–Kier alpha value is -2.65. The van der Waals surface area contributed by atoms with Gasteiger partial charge in [-0.3, -0.25) is 9.69 Å². The zero-order valence-corrected chi connectivity index (χ0v) is 17.5. The molecule has 0 N–H and O–H groups in total. The van der Waals surface area contributed by atoms with Gasteiger partial charge >= 0.3 is 0 Å². The predicted octanol–water partition coefficient (Wildman–Crippen LogP) is 3.21. The molecule has 0 saturated heterocycles. The van der Waals surface area contributed by atoms with Gasteiger partial charge in [0.2, 0.25) is 0 Å². The molecule has 0 aliphatic carbocycles. The molecule has 0 spiro atoms. The Labute approximate surface area is 167 Å². The van der Waals surface area contributed by atoms with Gasteiger partial charge in [0.1, 0.15) is 27.5 Å². The topological polar surface area (TPSA) is 80.9 Å². The lowest BCUT2D eigenvalue weighted by atomic mass is 10.3. The van der Waals surface area contributed by atoms with Gasteiger partial charge in [-0.2, -0.15) is 0 Å². The highest BCUT2D eigenvalue weighted by Crippen LogP contribution is 2.40. The van der Waals surface area contributed by atoms with Gasteiger partial charge in [0.25, 0.3) is 5.91 Å². The molecule has 3 rings (SSSR count). The van der Waals surface area contributed by atoms with Crippen LogP contribution < -0.4 is 14.4 Å². The highest BCUT2D eigenvalue weighted by molar-refractivity contribution is 7.22. The summed E-state index contributed by atoms with van der Waals surface area (Å²) in [4.78, 5) is 21.5. The van der Waals surface area contributed by atoms with E-state index in [-0.39, 0.29) is 11.6 Å². The Morgan fingerprint density at radius 2 is 1.89 bits per heavy atom. The number of rotatable bonds is 8. The van der Waals surface area contributed by atoms with Crippen molar-refractivity contribution in [3.8, 4) is 11.5 Å². The standard InChI is InChI=1S/C19H24N4O4S/c1-12-11-13(21-27-12)18(24)23(10-6-9-22(2)3)19-20-16-14(25-4)7-8-15(26-5)17(16)28-19/h7-8,11H,6,9-10H2,1-5H3. The fourth-order valence-electron chi connectivity index (χ4n) is 2.82. The van der Waals surface area contributed by atoms with Crippen molar-refractivity contribution < 1.29 is 18.8 Å². The number of hydrogen-bond acceptors (Lipinski definition) is 8. The molecule has 1 amide bonds. The summed E-state index contributed by atoms with van der Waals surface area (Å²) in [5, 5.41) is 4.45. The molecule has 0 bridgehead atoms. The molecule has 0 radical (unpaired) electrons. The summed E-state index contributed by atoms with van der Waals surface area (Å²) in [5.74, 6) is 1.67. The minimum Gasteiger partial charge on any atom is -0.495 e. The number of nitrogens with zero attached hydrogens (tertiary/aromatic N) is 4. The first-order chi connectivity index (χ1) is 13.4. The zero-order chi connectivity index (χ0) is 20.3. The number of anilines is 1. The number of thiazole rings is 1. The molecule has 150 valence electrons. The number of amides is 1. The Balaban J connectivity index is 2.02. The summed E-state index contributed by atoms with van der Waals surface area (Å²) in [7, 11) is 7.21. The average Bonchev–Trinajstić information content (AvgIpc) is 3.30. The van der Waals surface area contributed by atoms with Crippen LogP contribution in [-0.4, -0.2) is 62.4 Å². The second kappa shape index (κ2) is 8.57. The van der Waals surface area contributed by atoms with Crippen molar-refractivity contribution in [2.75, 3.05) is 46.3 Å². The van der Waals surface area contributed by atoms with Crippen molar-refractivity contribution in [3.05, 3.63) is 29.7 Å². The van der Waals surface area contributed by atoms with E-state index in [1.807, 2.05) is 26.2 Å². The van der Waals surface area contributed by atoms with Crippen molar-refractivity contribution in [1.82, 2.24) is 15.0 Å². The third-order valence-corrected chi connectivity index (χ3v) is 5.30. The SMILES string of the molecule is COc1ccc(OC)c2sc(N(CCCN(C)C)C(=O)c3cc(C)on3)nc12. The average molecular weight is 404 g/mol. The van der Waals surface area contributed by atoms with E-state index < -0.39 is 0 Å². The van der Waals surface area contributed by atoms with Crippen LogP contribution in [0.3, 0.4) is 0 Å². The summed E-state index contributed by atoms with van der Waals surface area (Å²) < 4.78 is 16.8. The number of benzene rings is 1. The van der Waals surface area contributed by atoms with Gasteiger partial charge in [-0.15, -0.1) is 0 Å². The van der Waals surface area contributed by atoms with Gasteiger partial charge in [0.05, 0.1) is 14.2 Å². The van der Waals surface area contributed by atoms with Gasteiger partial charge in [-0.25, -0.2) is 4.98 Å². The minimum absolute atomic E-state index is 0.243. The van der Waals surface area contributed by atoms with Crippen LogP contribution in [0.2, 0.25) is 0 Å². The van der Waals surface area contributed by atoms with Crippen LogP contribution in [0.5, 0.6) is 11.5 Å². The molecule has 0 aliphatic rings. The molecule has 2 aromatic heterocycles. The molecule has 8 nitrogen and oxygen atoms in total. The fourth-order valence-corrected chi connectivity index (χ4v) is 3.92. The Bertz CT molecular complexity index is 925. The molecule has 28 heavy (non-hydrogen) atoms. The molecular weight excluding hydrogens is 380 g/mol. The Morgan fingerprint density at radius 1 is 1.18 bits per heavy atom. The first-order valence-corrected chi connectivity index (χ1v) is 9.67. The number of aryl methyl sites for hydroxylation is 1. The number of aromatic nitrogens is 2. The minimum atomic E-state index is -0.243. The second-order valence-electron chi connectivity index (χ2n) is 6.58. The number of hydrogen-bond donors (Lipinski definition) is 0. The highest BCUT2D eigenvalue weighted by atomic mass is 32.1. The maximum Gasteiger partial charge on any atom is 0.282 e. The summed E-state index contributed by atoms with van der Waals surface area (Å²) in [6.07, 6.45) is 0.791. The van der Waals surface area contributed by atoms with Crippen LogP contribution in [0.25, 0.3) is 10.2 Å². The molecule has 0 aliphatic heterocycles. The lowest BCUT2D eigenvalue weighted by Gasteiger charge is -2.19. The number of carbonyl (C=O) groups is 1. The first-order valence-electron chi connectivity index (χ1n) is 8.86. The summed E-state index contributed by atoms with van der Waals surface area (Å²) in [6.45, 7) is 3.11. The van der Waals surface area contributed by atoms with Gasteiger partial charge in [0, 0.05) is 12.6 Å². The van der Waals surface area contributed by atoms with Gasteiger partial charge in [-0.1, -0.05) is 16.5 Å². The third kappa shape index (κ3) is 4.10. The molecule has 2 heterocycles. The number of fused-ring (bicyclic) bond motifs is 1. The molecule has 0 unspecified atom stereocenters. The molecule has 3 aromatic rings. The van der Waals surface area contributed by atoms with Crippen molar-refractivity contribution >= 4 is 32.6 Å². The largest absolute Gasteiger partial charge is 0.495 e. The normalized spacial score (nSPS) is 11.2. The van der Waals surface area contributed by atoms with E-state index in [1.54, 1.807) is 32.1 Å². The van der Waals surface area contributed by atoms with E-state index in [2.05, 4.69) is 10.1 Å². The molecule has 0 saturated carbocycles. The maximum atomic E-state index is 13.1. The van der Waals surface area contributed by atoms with E-state index >= 15 is 0 Å². The van der Waals surface area contributed by atoms with Crippen LogP contribution in [0.4, 0.5) is 5.13 Å². The van der Waals surface area contributed by atoms with Crippen LogP contribution in [0.15, 0.2) is 22.7 Å². The van der Waals surface area contributed by atoms with Crippen LogP contribution in [-0.2, 0) is 0 Å². The first kappa shape index (κ1) is 20.1. The third-order valence-electron chi connectivity index (χ3n) is 4.21.